The van der Waals surface area contributed by atoms with Crippen LogP contribution >= 0.6 is 0 Å². The predicted octanol–water partition coefficient (Wildman–Crippen LogP) is 2.91. The molecule has 0 spiro atoms. The van der Waals surface area contributed by atoms with Gasteiger partial charge in [-0.1, -0.05) is 6.07 Å². The van der Waals surface area contributed by atoms with Crippen molar-refractivity contribution in [2.75, 3.05) is 18.5 Å². The third kappa shape index (κ3) is 3.87. The summed E-state index contributed by atoms with van der Waals surface area (Å²) in [4.78, 5) is 8.67. The average Bonchev–Trinajstić information content (AvgIpc) is 2.90. The first kappa shape index (κ1) is 15.9. The van der Waals surface area contributed by atoms with Crippen molar-refractivity contribution in [3.8, 4) is 11.6 Å². The highest BCUT2D eigenvalue weighted by molar-refractivity contribution is 5.36. The molecule has 7 heteroatoms. The fourth-order valence-electron chi connectivity index (χ4n) is 2.31. The maximum Gasteiger partial charge on any atom is 0.174 e. The Balaban J connectivity index is 1.58. The minimum absolute atomic E-state index is 0.316. The van der Waals surface area contributed by atoms with Gasteiger partial charge in [-0.05, 0) is 32.0 Å². The van der Waals surface area contributed by atoms with Gasteiger partial charge in [-0.2, -0.15) is 5.10 Å². The van der Waals surface area contributed by atoms with Crippen LogP contribution < -0.4 is 10.1 Å². The first-order chi connectivity index (χ1) is 11.6. The van der Waals surface area contributed by atoms with Gasteiger partial charge >= 0.3 is 0 Å². The second-order valence-electron chi connectivity index (χ2n) is 5.33. The van der Waals surface area contributed by atoms with Crippen LogP contribution in [0.3, 0.4) is 0 Å². The van der Waals surface area contributed by atoms with Gasteiger partial charge in [0, 0.05) is 11.8 Å². The van der Waals surface area contributed by atoms with Crippen molar-refractivity contribution in [3.63, 3.8) is 0 Å². The van der Waals surface area contributed by atoms with Crippen molar-refractivity contribution in [1.82, 2.24) is 19.7 Å². The molecule has 0 unspecified atom stereocenters. The van der Waals surface area contributed by atoms with Crippen molar-refractivity contribution >= 4 is 5.82 Å². The van der Waals surface area contributed by atoms with Crippen LogP contribution in [0.2, 0.25) is 0 Å². The molecular formula is C17H18FN5O. The van der Waals surface area contributed by atoms with Gasteiger partial charge in [-0.3, -0.25) is 4.98 Å². The Morgan fingerprint density at radius 1 is 1.21 bits per heavy atom. The number of aromatic nitrogens is 4. The van der Waals surface area contributed by atoms with Crippen LogP contribution in [-0.4, -0.2) is 32.9 Å². The molecule has 1 N–H and O–H groups in total. The van der Waals surface area contributed by atoms with Gasteiger partial charge in [0.05, 0.1) is 24.6 Å². The minimum atomic E-state index is -0.316. The number of hydrogen-bond donors (Lipinski definition) is 1. The van der Waals surface area contributed by atoms with Gasteiger partial charge < -0.3 is 10.1 Å². The zero-order valence-corrected chi connectivity index (χ0v) is 13.5. The molecule has 0 aliphatic rings. The van der Waals surface area contributed by atoms with Crippen LogP contribution in [0.5, 0.6) is 5.75 Å². The summed E-state index contributed by atoms with van der Waals surface area (Å²) < 4.78 is 20.3. The van der Waals surface area contributed by atoms with Gasteiger partial charge in [0.15, 0.2) is 5.82 Å². The SMILES string of the molecule is Cc1cc(C)n(-c2cncc(NCCOc3cccc(F)c3)n2)n1. The lowest BCUT2D eigenvalue weighted by Gasteiger charge is -2.09. The van der Waals surface area contributed by atoms with Crippen molar-refractivity contribution in [1.29, 1.82) is 0 Å². The third-order valence-corrected chi connectivity index (χ3v) is 3.32. The highest BCUT2D eigenvalue weighted by Crippen LogP contribution is 2.12. The molecule has 3 rings (SSSR count). The van der Waals surface area contributed by atoms with Gasteiger partial charge in [0.2, 0.25) is 0 Å². The monoisotopic (exact) mass is 327 g/mol. The molecule has 6 nitrogen and oxygen atoms in total. The number of ether oxygens (including phenoxy) is 1. The molecule has 0 aliphatic carbocycles. The Hall–Kier alpha value is -2.96. The summed E-state index contributed by atoms with van der Waals surface area (Å²) >= 11 is 0. The van der Waals surface area contributed by atoms with E-state index < -0.39 is 0 Å². The van der Waals surface area contributed by atoms with Crippen LogP contribution in [0.25, 0.3) is 5.82 Å². The number of benzene rings is 1. The topological polar surface area (TPSA) is 64.9 Å². The first-order valence-electron chi connectivity index (χ1n) is 7.60. The Kier molecular flexibility index (Phi) is 4.69. The number of aryl methyl sites for hydroxylation is 2. The Morgan fingerprint density at radius 2 is 2.08 bits per heavy atom. The standard InChI is InChI=1S/C17H18FN5O/c1-12-8-13(2)23(22-12)17-11-19-10-16(21-17)20-6-7-24-15-5-3-4-14(18)9-15/h3-5,8-11H,6-7H2,1-2H3,(H,20,21). The second kappa shape index (κ2) is 7.08. The van der Waals surface area contributed by atoms with Crippen molar-refractivity contribution in [2.24, 2.45) is 0 Å². The van der Waals surface area contributed by atoms with Gasteiger partial charge in [-0.15, -0.1) is 0 Å². The lowest BCUT2D eigenvalue weighted by Crippen LogP contribution is -2.13. The highest BCUT2D eigenvalue weighted by Gasteiger charge is 2.06. The zero-order chi connectivity index (χ0) is 16.9. The summed E-state index contributed by atoms with van der Waals surface area (Å²) in [6.45, 7) is 4.80. The van der Waals surface area contributed by atoms with Gasteiger partial charge in [-0.25, -0.2) is 14.1 Å². The fourth-order valence-corrected chi connectivity index (χ4v) is 2.31. The van der Waals surface area contributed by atoms with Crippen LogP contribution in [0.1, 0.15) is 11.4 Å². The van der Waals surface area contributed by atoms with Gasteiger partial charge in [0.1, 0.15) is 24.0 Å². The van der Waals surface area contributed by atoms with E-state index in [4.69, 9.17) is 4.74 Å². The maximum absolute atomic E-state index is 13.1. The molecule has 0 radical (unpaired) electrons. The average molecular weight is 327 g/mol. The Labute approximate surface area is 139 Å². The fraction of sp³-hybridized carbons (Fsp3) is 0.235. The van der Waals surface area contributed by atoms with E-state index in [9.17, 15) is 4.39 Å². The molecule has 2 aromatic heterocycles. The number of nitrogens with one attached hydrogen (secondary N) is 1. The zero-order valence-electron chi connectivity index (χ0n) is 13.5. The Bertz CT molecular complexity index is 833. The van der Waals surface area contributed by atoms with Crippen LogP contribution in [0, 0.1) is 19.7 Å². The molecular weight excluding hydrogens is 309 g/mol. The molecule has 3 aromatic rings. The summed E-state index contributed by atoms with van der Waals surface area (Å²) in [5.74, 6) is 1.46. The summed E-state index contributed by atoms with van der Waals surface area (Å²) in [7, 11) is 0. The second-order valence-corrected chi connectivity index (χ2v) is 5.33. The van der Waals surface area contributed by atoms with E-state index in [2.05, 4.69) is 20.4 Å². The molecule has 0 atom stereocenters. The van der Waals surface area contributed by atoms with Crippen LogP contribution in [-0.2, 0) is 0 Å². The molecule has 0 fully saturated rings. The molecule has 24 heavy (non-hydrogen) atoms. The first-order valence-corrected chi connectivity index (χ1v) is 7.60. The highest BCUT2D eigenvalue weighted by atomic mass is 19.1. The quantitative estimate of drug-likeness (QED) is 0.705. The van der Waals surface area contributed by atoms with E-state index in [-0.39, 0.29) is 5.82 Å². The van der Waals surface area contributed by atoms with E-state index >= 15 is 0 Å². The number of nitrogens with zero attached hydrogens (tertiary/aromatic N) is 4. The molecule has 0 bridgehead atoms. The van der Waals surface area contributed by atoms with Crippen molar-refractivity contribution in [3.05, 3.63) is 59.9 Å². The number of rotatable bonds is 6. The minimum Gasteiger partial charge on any atom is -0.492 e. The summed E-state index contributed by atoms with van der Waals surface area (Å²) in [6, 6.07) is 8.04. The molecule has 124 valence electrons. The summed E-state index contributed by atoms with van der Waals surface area (Å²) in [5, 5.41) is 7.52. The molecule has 0 amide bonds. The van der Waals surface area contributed by atoms with Gasteiger partial charge in [0.25, 0.3) is 0 Å². The van der Waals surface area contributed by atoms with Crippen molar-refractivity contribution < 1.29 is 9.13 Å². The van der Waals surface area contributed by atoms with Crippen molar-refractivity contribution in [2.45, 2.75) is 13.8 Å². The lowest BCUT2D eigenvalue weighted by molar-refractivity contribution is 0.331. The molecule has 0 saturated heterocycles. The summed E-state index contributed by atoms with van der Waals surface area (Å²) in [6.07, 6.45) is 3.30. The van der Waals surface area contributed by atoms with E-state index in [1.807, 2.05) is 19.9 Å². The number of hydrogen-bond acceptors (Lipinski definition) is 5. The molecule has 1 aromatic carbocycles. The molecule has 0 aliphatic heterocycles. The summed E-state index contributed by atoms with van der Waals surface area (Å²) in [5.41, 5.74) is 1.92. The Morgan fingerprint density at radius 3 is 2.83 bits per heavy atom. The van der Waals surface area contributed by atoms with E-state index in [1.165, 1.54) is 12.1 Å². The third-order valence-electron chi connectivity index (χ3n) is 3.32. The lowest BCUT2D eigenvalue weighted by atomic mass is 10.3. The van der Waals surface area contributed by atoms with E-state index in [1.54, 1.807) is 29.2 Å². The smallest absolute Gasteiger partial charge is 0.174 e. The van der Waals surface area contributed by atoms with E-state index in [0.717, 1.165) is 11.4 Å². The molecule has 0 saturated carbocycles. The number of anilines is 1. The number of halogens is 1. The molecule has 2 heterocycles. The van der Waals surface area contributed by atoms with Crippen LogP contribution in [0.15, 0.2) is 42.7 Å². The van der Waals surface area contributed by atoms with E-state index in [0.29, 0.717) is 30.5 Å². The predicted molar refractivity (Wildman–Crippen MR) is 89.0 cm³/mol. The maximum atomic E-state index is 13.1. The normalized spacial score (nSPS) is 10.6. The largest absolute Gasteiger partial charge is 0.492 e. The van der Waals surface area contributed by atoms with Crippen LogP contribution in [0.4, 0.5) is 10.2 Å².